The number of nitrogens with one attached hydrogen (secondary N) is 2. The summed E-state index contributed by atoms with van der Waals surface area (Å²) in [6.45, 7) is 7.48. The van der Waals surface area contributed by atoms with Crippen molar-refractivity contribution in [2.75, 3.05) is 37.2 Å². The number of amides is 1. The van der Waals surface area contributed by atoms with E-state index in [4.69, 9.17) is 0 Å². The number of sulfonamides is 1. The van der Waals surface area contributed by atoms with E-state index in [1.165, 1.54) is 0 Å². The molecule has 0 aliphatic carbocycles. The molecule has 0 atom stereocenters. The molecule has 0 saturated heterocycles. The van der Waals surface area contributed by atoms with Gasteiger partial charge in [-0.15, -0.1) is 0 Å². The lowest BCUT2D eigenvalue weighted by Crippen LogP contribution is -3.00. The van der Waals surface area contributed by atoms with E-state index in [-0.39, 0.29) is 23.8 Å². The fourth-order valence-electron chi connectivity index (χ4n) is 1.87. The van der Waals surface area contributed by atoms with Crippen molar-refractivity contribution in [3.05, 3.63) is 29.8 Å². The Labute approximate surface area is 144 Å². The summed E-state index contributed by atoms with van der Waals surface area (Å²) in [5.41, 5.74) is 0.950. The number of benzene rings is 1. The number of nitrogens with zero attached hydrogens (tertiary/aromatic N) is 1. The van der Waals surface area contributed by atoms with E-state index in [1.807, 2.05) is 0 Å². The Kier molecular flexibility index (Phi) is 11.7. The van der Waals surface area contributed by atoms with Crippen molar-refractivity contribution in [1.29, 1.82) is 0 Å². The van der Waals surface area contributed by atoms with Crippen LogP contribution in [-0.2, 0) is 10.0 Å². The van der Waals surface area contributed by atoms with Crippen LogP contribution in [0.4, 0.5) is 5.69 Å². The lowest BCUT2D eigenvalue weighted by atomic mass is 10.2. The first-order chi connectivity index (χ1) is 9.85. The summed E-state index contributed by atoms with van der Waals surface area (Å²) in [6, 6.07) is 6.33. The minimum absolute atomic E-state index is 0. The second kappa shape index (κ2) is 11.2. The summed E-state index contributed by atoms with van der Waals surface area (Å²) >= 11 is 0. The maximum absolute atomic E-state index is 11.9. The fraction of sp³-hybridized carbons (Fsp3) is 0.500. The van der Waals surface area contributed by atoms with Gasteiger partial charge in [-0.25, -0.2) is 8.42 Å². The predicted octanol–water partition coefficient (Wildman–Crippen LogP) is -2.69. The van der Waals surface area contributed by atoms with Crippen molar-refractivity contribution in [2.24, 2.45) is 0 Å². The third-order valence-electron chi connectivity index (χ3n) is 3.06. The smallest absolute Gasteiger partial charge is 0.251 e. The highest BCUT2D eigenvalue weighted by Gasteiger charge is 2.07. The Morgan fingerprint density at radius 3 is 2.09 bits per heavy atom. The zero-order valence-corrected chi connectivity index (χ0v) is 15.2. The molecule has 0 aliphatic heterocycles. The summed E-state index contributed by atoms with van der Waals surface area (Å²) in [7, 11) is -3.30. The minimum atomic E-state index is -3.30. The van der Waals surface area contributed by atoms with Gasteiger partial charge in [0, 0.05) is 24.3 Å². The van der Waals surface area contributed by atoms with Gasteiger partial charge in [0.25, 0.3) is 5.91 Å². The first kappa shape index (κ1) is 23.9. The molecule has 1 amide bonds. The number of anilines is 1. The third-order valence-corrected chi connectivity index (χ3v) is 3.66. The Morgan fingerprint density at radius 2 is 1.65 bits per heavy atom. The molecule has 1 aromatic carbocycles. The van der Waals surface area contributed by atoms with Gasteiger partial charge in [0.05, 0.1) is 6.26 Å². The Morgan fingerprint density at radius 1 is 1.13 bits per heavy atom. The van der Waals surface area contributed by atoms with Crippen LogP contribution in [0.25, 0.3) is 0 Å². The molecule has 0 aliphatic rings. The third kappa shape index (κ3) is 9.39. The van der Waals surface area contributed by atoms with E-state index in [2.05, 4.69) is 28.8 Å². The van der Waals surface area contributed by atoms with E-state index in [9.17, 15) is 13.2 Å². The van der Waals surface area contributed by atoms with Crippen LogP contribution in [0.1, 0.15) is 24.2 Å². The van der Waals surface area contributed by atoms with Crippen LogP contribution in [0, 0.1) is 0 Å². The van der Waals surface area contributed by atoms with Crippen LogP contribution < -0.4 is 22.4 Å². The molecule has 1 aromatic rings. The molecule has 9 heteroatoms. The van der Waals surface area contributed by atoms with E-state index >= 15 is 0 Å². The van der Waals surface area contributed by atoms with Gasteiger partial charge in [-0.05, 0) is 37.4 Å². The first-order valence-electron chi connectivity index (χ1n) is 6.94. The number of hydrogen-bond acceptors (Lipinski definition) is 4. The molecule has 134 valence electrons. The summed E-state index contributed by atoms with van der Waals surface area (Å²) in [4.78, 5) is 14.2. The van der Waals surface area contributed by atoms with Crippen LogP contribution in [0.2, 0.25) is 0 Å². The van der Waals surface area contributed by atoms with Crippen molar-refractivity contribution in [3.63, 3.8) is 0 Å². The van der Waals surface area contributed by atoms with E-state index < -0.39 is 10.0 Å². The molecule has 0 unspecified atom stereocenters. The van der Waals surface area contributed by atoms with Crippen LogP contribution in [0.5, 0.6) is 0 Å². The number of carbonyl (C=O) groups is 1. The highest BCUT2D eigenvalue weighted by Crippen LogP contribution is 2.10. The van der Waals surface area contributed by atoms with Crippen LogP contribution in [0.15, 0.2) is 24.3 Å². The van der Waals surface area contributed by atoms with Crippen LogP contribution in [-0.4, -0.2) is 57.1 Å². The van der Waals surface area contributed by atoms with Gasteiger partial charge < -0.3 is 28.1 Å². The Bertz CT molecular complexity index is 560. The molecule has 1 rings (SSSR count). The van der Waals surface area contributed by atoms with Crippen LogP contribution >= 0.6 is 0 Å². The molecule has 0 bridgehead atoms. The molecule has 0 aromatic heterocycles. The van der Waals surface area contributed by atoms with Crippen molar-refractivity contribution < 1.29 is 31.1 Å². The summed E-state index contributed by atoms with van der Waals surface area (Å²) in [6.07, 6.45) is 1.08. The Balaban J connectivity index is 0. The van der Waals surface area contributed by atoms with Gasteiger partial charge in [-0.3, -0.25) is 9.52 Å². The number of hydrogen-bond donors (Lipinski definition) is 2. The van der Waals surface area contributed by atoms with Crippen molar-refractivity contribution in [1.82, 2.24) is 10.2 Å². The zero-order valence-electron chi connectivity index (χ0n) is 13.6. The number of likely N-dealkylation sites (N-methyl/N-ethyl adjacent to an activating group) is 1. The van der Waals surface area contributed by atoms with Gasteiger partial charge >= 0.3 is 0 Å². The van der Waals surface area contributed by atoms with Gasteiger partial charge in [-0.1, -0.05) is 13.8 Å². The molecule has 7 nitrogen and oxygen atoms in total. The first-order valence-corrected chi connectivity index (χ1v) is 8.83. The molecule has 0 spiro atoms. The molecular weight excluding hydrogens is 342 g/mol. The van der Waals surface area contributed by atoms with Gasteiger partial charge in [0.1, 0.15) is 0 Å². The van der Waals surface area contributed by atoms with E-state index in [0.717, 1.165) is 25.9 Å². The maximum Gasteiger partial charge on any atom is 0.251 e. The van der Waals surface area contributed by atoms with E-state index in [1.54, 1.807) is 24.3 Å². The topological polar surface area (TPSA) is 110 Å². The second-order valence-corrected chi connectivity index (χ2v) is 6.48. The zero-order chi connectivity index (χ0) is 15.9. The molecule has 4 N–H and O–H groups in total. The molecule has 23 heavy (non-hydrogen) atoms. The second-order valence-electron chi connectivity index (χ2n) is 4.73. The normalized spacial score (nSPS) is 10.4. The largest absolute Gasteiger partial charge is 1.00 e. The minimum Gasteiger partial charge on any atom is -1.00 e. The SMILES string of the molecule is CCN(CC)CCNC(=O)c1ccc(NS(C)(=O)=O)cc1.O.[Cl-]. The van der Waals surface area contributed by atoms with E-state index in [0.29, 0.717) is 17.8 Å². The molecule has 0 radical (unpaired) electrons. The van der Waals surface area contributed by atoms with Gasteiger partial charge in [-0.2, -0.15) is 0 Å². The summed E-state index contributed by atoms with van der Waals surface area (Å²) in [5, 5.41) is 2.85. The number of carbonyl (C=O) groups excluding carboxylic acids is 1. The molecule has 0 heterocycles. The standard InChI is InChI=1S/C14H23N3O3S.ClH.H2O/c1-4-17(5-2)11-10-15-14(18)12-6-8-13(9-7-12)16-21(3,19)20;;/h6-9,16H,4-5,10-11H2,1-3H3,(H,15,18);1H;1H2/p-1. The average Bonchev–Trinajstić information content (AvgIpc) is 2.42. The number of halogens is 1. The van der Waals surface area contributed by atoms with Crippen LogP contribution in [0.3, 0.4) is 0 Å². The lowest BCUT2D eigenvalue weighted by molar-refractivity contribution is -0.0000165. The average molecular weight is 367 g/mol. The van der Waals surface area contributed by atoms with Gasteiger partial charge in [0.2, 0.25) is 10.0 Å². The monoisotopic (exact) mass is 366 g/mol. The van der Waals surface area contributed by atoms with Gasteiger partial charge in [0.15, 0.2) is 0 Å². The predicted molar refractivity (Wildman–Crippen MR) is 88.6 cm³/mol. The fourth-order valence-corrected chi connectivity index (χ4v) is 2.44. The highest BCUT2D eigenvalue weighted by atomic mass is 35.5. The summed E-state index contributed by atoms with van der Waals surface area (Å²) in [5.74, 6) is -0.159. The molecule has 0 saturated carbocycles. The van der Waals surface area contributed by atoms with Crippen molar-refractivity contribution in [2.45, 2.75) is 13.8 Å². The van der Waals surface area contributed by atoms with Crippen molar-refractivity contribution in [3.8, 4) is 0 Å². The Hall–Kier alpha value is -1.35. The summed E-state index contributed by atoms with van der Waals surface area (Å²) < 4.78 is 24.5. The van der Waals surface area contributed by atoms with Crippen molar-refractivity contribution >= 4 is 21.6 Å². The highest BCUT2D eigenvalue weighted by molar-refractivity contribution is 7.92. The molecular formula is C14H25ClN3O4S-. The number of rotatable bonds is 8. The lowest BCUT2D eigenvalue weighted by Gasteiger charge is -2.17. The quantitative estimate of drug-likeness (QED) is 0.522. The maximum atomic E-state index is 11.9. The molecule has 0 fully saturated rings.